The zero-order valence-corrected chi connectivity index (χ0v) is 6.70. The molecule has 4 N–H and O–H groups in total. The van der Waals surface area contributed by atoms with Crippen molar-refractivity contribution in [2.24, 2.45) is 5.73 Å². The molecule has 1 fully saturated rings. The van der Waals surface area contributed by atoms with Crippen LogP contribution in [0.2, 0.25) is 0 Å². The number of aliphatic hydroxyl groups is 1. The Morgan fingerprint density at radius 2 is 2.36 bits per heavy atom. The molecule has 66 valence electrons. The number of rotatable bonds is 1. The normalized spacial score (nSPS) is 24.4. The highest BCUT2D eigenvalue weighted by Gasteiger charge is 2.26. The molecule has 2 unspecified atom stereocenters. The van der Waals surface area contributed by atoms with E-state index >= 15 is 0 Å². The van der Waals surface area contributed by atoms with Crippen molar-refractivity contribution in [3.63, 3.8) is 0 Å². The second-order valence-corrected chi connectivity index (χ2v) is 2.07. The summed E-state index contributed by atoms with van der Waals surface area (Å²) < 4.78 is 4.62. The lowest BCUT2D eigenvalue weighted by atomic mass is 10.2. The molecule has 0 radical (unpaired) electrons. The van der Waals surface area contributed by atoms with Crippen molar-refractivity contribution < 1.29 is 14.6 Å². The number of ether oxygens (including phenoxy) is 1. The van der Waals surface area contributed by atoms with Crippen molar-refractivity contribution in [1.29, 1.82) is 0 Å². The number of carbonyl (C=O) groups is 1. The quantitative estimate of drug-likeness (QED) is 0.464. The third-order valence-electron chi connectivity index (χ3n) is 1.24. The van der Waals surface area contributed by atoms with Gasteiger partial charge in [0.25, 0.3) is 0 Å². The Bertz CT molecular complexity index is 127. The molecule has 0 saturated carbocycles. The minimum Gasteiger partial charge on any atom is -0.442 e. The first-order valence-electron chi connectivity index (χ1n) is 3.40. The van der Waals surface area contributed by atoms with Crippen LogP contribution in [0.5, 0.6) is 0 Å². The average molecular weight is 162 g/mol. The van der Waals surface area contributed by atoms with E-state index in [0.29, 0.717) is 6.54 Å². The van der Waals surface area contributed by atoms with Gasteiger partial charge in [0.15, 0.2) is 0 Å². The first kappa shape index (κ1) is 10.2. The van der Waals surface area contributed by atoms with Crippen LogP contribution in [0.3, 0.4) is 0 Å². The van der Waals surface area contributed by atoms with Crippen molar-refractivity contribution in [2.45, 2.75) is 19.1 Å². The van der Waals surface area contributed by atoms with Crippen molar-refractivity contribution in [3.05, 3.63) is 0 Å². The van der Waals surface area contributed by atoms with Crippen LogP contribution in [0.1, 0.15) is 6.92 Å². The second-order valence-electron chi connectivity index (χ2n) is 2.07. The number of alkyl carbamates (subject to hydrolysis) is 1. The molecule has 0 aliphatic carbocycles. The van der Waals surface area contributed by atoms with Gasteiger partial charge in [0.1, 0.15) is 6.10 Å². The standard InChI is InChI=1S/C5H9NO3.CH5N/c1-3(7)4-2-6-5(8)9-4;1-2/h3-4,7H,2H2,1H3,(H,6,8);2H2,1H3. The smallest absolute Gasteiger partial charge is 0.407 e. The molecule has 11 heavy (non-hydrogen) atoms. The highest BCUT2D eigenvalue weighted by Crippen LogP contribution is 2.03. The van der Waals surface area contributed by atoms with Crippen LogP contribution in [-0.4, -0.2) is 37.0 Å². The molecule has 0 spiro atoms. The maximum Gasteiger partial charge on any atom is 0.407 e. The van der Waals surface area contributed by atoms with Gasteiger partial charge in [0.05, 0.1) is 12.6 Å². The first-order valence-corrected chi connectivity index (χ1v) is 3.40. The second kappa shape index (κ2) is 4.92. The minimum atomic E-state index is -0.580. The summed E-state index contributed by atoms with van der Waals surface area (Å²) in [6.45, 7) is 2.00. The van der Waals surface area contributed by atoms with Crippen LogP contribution in [0.25, 0.3) is 0 Å². The number of hydrogen-bond acceptors (Lipinski definition) is 4. The lowest BCUT2D eigenvalue weighted by molar-refractivity contribution is 0.0437. The topological polar surface area (TPSA) is 84.6 Å². The lowest BCUT2D eigenvalue weighted by Gasteiger charge is -2.08. The number of hydrogen-bond donors (Lipinski definition) is 3. The SMILES string of the molecule is CC(O)C1CNC(=O)O1.CN. The van der Waals surface area contributed by atoms with Gasteiger partial charge < -0.3 is 20.9 Å². The van der Waals surface area contributed by atoms with Gasteiger partial charge in [0.2, 0.25) is 0 Å². The minimum absolute atomic E-state index is 0.363. The predicted octanol–water partition coefficient (Wildman–Crippen LogP) is -0.949. The molecule has 5 nitrogen and oxygen atoms in total. The third kappa shape index (κ3) is 3.20. The predicted molar refractivity (Wildman–Crippen MR) is 40.1 cm³/mol. The van der Waals surface area contributed by atoms with Crippen LogP contribution >= 0.6 is 0 Å². The van der Waals surface area contributed by atoms with Gasteiger partial charge in [-0.05, 0) is 14.0 Å². The number of amides is 1. The Hall–Kier alpha value is -0.810. The van der Waals surface area contributed by atoms with Crippen LogP contribution in [-0.2, 0) is 4.74 Å². The van der Waals surface area contributed by atoms with E-state index < -0.39 is 12.2 Å². The van der Waals surface area contributed by atoms with E-state index in [0.717, 1.165) is 0 Å². The summed E-state index contributed by atoms with van der Waals surface area (Å²) in [5.41, 5.74) is 4.50. The molecule has 0 aromatic heterocycles. The first-order chi connectivity index (χ1) is 5.20. The summed E-state index contributed by atoms with van der Waals surface area (Å²) >= 11 is 0. The van der Waals surface area contributed by atoms with Crippen molar-refractivity contribution in [3.8, 4) is 0 Å². The fourth-order valence-electron chi connectivity index (χ4n) is 0.674. The highest BCUT2D eigenvalue weighted by atomic mass is 16.6. The summed E-state index contributed by atoms with van der Waals surface area (Å²) in [4.78, 5) is 10.3. The van der Waals surface area contributed by atoms with Gasteiger partial charge in [-0.1, -0.05) is 0 Å². The highest BCUT2D eigenvalue weighted by molar-refractivity contribution is 5.69. The zero-order valence-electron chi connectivity index (χ0n) is 6.70. The summed E-state index contributed by atoms with van der Waals surface area (Å²) in [6.07, 6.45) is -1.39. The van der Waals surface area contributed by atoms with Gasteiger partial charge in [-0.15, -0.1) is 0 Å². The van der Waals surface area contributed by atoms with E-state index in [2.05, 4.69) is 15.8 Å². The fourth-order valence-corrected chi connectivity index (χ4v) is 0.674. The molecule has 1 saturated heterocycles. The molecule has 0 aromatic rings. The van der Waals surface area contributed by atoms with Gasteiger partial charge in [-0.3, -0.25) is 0 Å². The number of nitrogens with one attached hydrogen (secondary N) is 1. The Balaban J connectivity index is 0.000000461. The van der Waals surface area contributed by atoms with E-state index in [1.165, 1.54) is 7.05 Å². The van der Waals surface area contributed by atoms with Gasteiger partial charge in [-0.25, -0.2) is 4.79 Å². The number of aliphatic hydroxyl groups excluding tert-OH is 1. The van der Waals surface area contributed by atoms with Crippen LogP contribution < -0.4 is 11.1 Å². The molecule has 1 heterocycles. The number of nitrogens with two attached hydrogens (primary N) is 1. The van der Waals surface area contributed by atoms with Crippen LogP contribution in [0.15, 0.2) is 0 Å². The van der Waals surface area contributed by atoms with E-state index in [-0.39, 0.29) is 6.10 Å². The summed E-state index contributed by atoms with van der Waals surface area (Å²) in [7, 11) is 1.50. The van der Waals surface area contributed by atoms with E-state index in [1.54, 1.807) is 6.92 Å². The Kier molecular flexibility index (Phi) is 4.56. The maximum absolute atomic E-state index is 10.3. The monoisotopic (exact) mass is 162 g/mol. The van der Waals surface area contributed by atoms with E-state index in [1.807, 2.05) is 0 Å². The molecule has 1 rings (SSSR count). The lowest BCUT2D eigenvalue weighted by Crippen LogP contribution is -2.26. The Morgan fingerprint density at radius 3 is 2.55 bits per heavy atom. The van der Waals surface area contributed by atoms with Crippen molar-refractivity contribution in [1.82, 2.24) is 5.32 Å². The summed E-state index contributed by atoms with van der Waals surface area (Å²) in [6, 6.07) is 0. The third-order valence-corrected chi connectivity index (χ3v) is 1.24. The fraction of sp³-hybridized carbons (Fsp3) is 0.833. The number of carbonyl (C=O) groups excluding carboxylic acids is 1. The Labute approximate surface area is 65.5 Å². The van der Waals surface area contributed by atoms with E-state index in [4.69, 9.17) is 5.11 Å². The largest absolute Gasteiger partial charge is 0.442 e. The molecule has 1 amide bonds. The van der Waals surface area contributed by atoms with Crippen molar-refractivity contribution in [2.75, 3.05) is 13.6 Å². The molecule has 5 heteroatoms. The van der Waals surface area contributed by atoms with Crippen LogP contribution in [0, 0.1) is 0 Å². The Morgan fingerprint density at radius 1 is 1.82 bits per heavy atom. The molecular formula is C6H14N2O3. The molecule has 1 aliphatic rings. The maximum atomic E-state index is 10.3. The molecule has 0 bridgehead atoms. The average Bonchev–Trinajstić information content (AvgIpc) is 2.40. The summed E-state index contributed by atoms with van der Waals surface area (Å²) in [5, 5.41) is 11.3. The van der Waals surface area contributed by atoms with E-state index in [9.17, 15) is 4.79 Å². The van der Waals surface area contributed by atoms with Crippen LogP contribution in [0.4, 0.5) is 4.79 Å². The molecule has 0 aromatic carbocycles. The zero-order chi connectivity index (χ0) is 8.85. The summed E-state index contributed by atoms with van der Waals surface area (Å²) in [5.74, 6) is 0. The molecular weight excluding hydrogens is 148 g/mol. The van der Waals surface area contributed by atoms with Gasteiger partial charge in [0, 0.05) is 0 Å². The van der Waals surface area contributed by atoms with Crippen molar-refractivity contribution >= 4 is 6.09 Å². The molecule has 2 atom stereocenters. The van der Waals surface area contributed by atoms with Gasteiger partial charge in [-0.2, -0.15) is 0 Å². The molecule has 1 aliphatic heterocycles. The number of cyclic esters (lactones) is 1. The van der Waals surface area contributed by atoms with Gasteiger partial charge >= 0.3 is 6.09 Å².